The second kappa shape index (κ2) is 12.3. The first-order valence-corrected chi connectivity index (χ1v) is 15.3. The number of amides is 3. The molecule has 3 fully saturated rings. The van der Waals surface area contributed by atoms with Gasteiger partial charge in [0.15, 0.2) is 0 Å². The van der Waals surface area contributed by atoms with Gasteiger partial charge in [0.25, 0.3) is 0 Å². The van der Waals surface area contributed by atoms with Crippen molar-refractivity contribution in [3.63, 3.8) is 0 Å². The smallest absolute Gasteiger partial charge is 0.249 e. The van der Waals surface area contributed by atoms with Gasteiger partial charge >= 0.3 is 0 Å². The molecule has 6 atom stereocenters. The maximum absolute atomic E-state index is 14.6. The molecule has 2 bridgehead atoms. The monoisotopic (exact) mass is 579 g/mol. The Hall–Kier alpha value is -2.97. The molecule has 1 aromatic carbocycles. The van der Waals surface area contributed by atoms with E-state index in [9.17, 15) is 19.5 Å². The Bertz CT molecular complexity index is 1180. The van der Waals surface area contributed by atoms with E-state index in [1.165, 1.54) is 0 Å². The summed E-state index contributed by atoms with van der Waals surface area (Å²) in [6, 6.07) is 8.96. The largest absolute Gasteiger partial charge is 0.396 e. The first-order chi connectivity index (χ1) is 19.9. The number of hydrogen-bond donors (Lipinski definition) is 1. The van der Waals surface area contributed by atoms with Gasteiger partial charge in [0.2, 0.25) is 17.7 Å². The summed E-state index contributed by atoms with van der Waals surface area (Å²) < 4.78 is 6.95. The van der Waals surface area contributed by atoms with Gasteiger partial charge in [-0.05, 0) is 64.9 Å². The summed E-state index contributed by atoms with van der Waals surface area (Å²) in [7, 11) is 0. The highest BCUT2D eigenvalue weighted by Gasteiger charge is 2.80. The van der Waals surface area contributed by atoms with Gasteiger partial charge in [0, 0.05) is 38.3 Å². The van der Waals surface area contributed by atoms with Gasteiger partial charge in [-0.3, -0.25) is 14.4 Å². The zero-order valence-electron chi connectivity index (χ0n) is 26.1. The summed E-state index contributed by atoms with van der Waals surface area (Å²) in [4.78, 5) is 48.8. The number of fused-ring (bicyclic) bond motifs is 1. The number of likely N-dealkylation sites (tertiary alicyclic amines) is 1. The van der Waals surface area contributed by atoms with Gasteiger partial charge in [-0.25, -0.2) is 0 Å². The van der Waals surface area contributed by atoms with Crippen molar-refractivity contribution in [2.45, 2.75) is 89.6 Å². The first kappa shape index (κ1) is 32.0. The van der Waals surface area contributed by atoms with E-state index in [1.54, 1.807) is 26.9 Å². The normalized spacial score (nSPS) is 29.9. The van der Waals surface area contributed by atoms with Crippen LogP contribution in [-0.4, -0.2) is 86.6 Å². The van der Waals surface area contributed by atoms with Crippen molar-refractivity contribution in [1.29, 1.82) is 0 Å². The van der Waals surface area contributed by atoms with Crippen LogP contribution in [0.4, 0.5) is 0 Å². The molecule has 3 unspecified atom stereocenters. The molecule has 4 rings (SSSR count). The molecule has 3 aliphatic rings. The van der Waals surface area contributed by atoms with Crippen molar-refractivity contribution in [2.75, 3.05) is 26.2 Å². The highest BCUT2D eigenvalue weighted by molar-refractivity contribution is 5.99. The number of ether oxygens (including phenoxy) is 1. The fourth-order valence-corrected chi connectivity index (χ4v) is 7.57. The molecule has 3 amide bonds. The van der Waals surface area contributed by atoms with E-state index in [0.717, 1.165) is 12.0 Å². The number of aliphatic hydroxyl groups excluding tert-OH is 1. The molecule has 0 aromatic heterocycles. The molecule has 1 aromatic rings. The Balaban J connectivity index is 1.78. The number of benzene rings is 1. The van der Waals surface area contributed by atoms with Crippen molar-refractivity contribution in [2.24, 2.45) is 17.8 Å². The van der Waals surface area contributed by atoms with Gasteiger partial charge in [0.1, 0.15) is 11.6 Å². The second-order valence-electron chi connectivity index (χ2n) is 13.4. The third-order valence-corrected chi connectivity index (χ3v) is 9.64. The summed E-state index contributed by atoms with van der Waals surface area (Å²) in [5.74, 6) is -2.01. The molecular weight excluding hydrogens is 530 g/mol. The van der Waals surface area contributed by atoms with Gasteiger partial charge in [0.05, 0.1) is 17.4 Å². The molecule has 3 aliphatic heterocycles. The fourth-order valence-electron chi connectivity index (χ4n) is 7.57. The van der Waals surface area contributed by atoms with Gasteiger partial charge in [-0.15, -0.1) is 13.2 Å². The van der Waals surface area contributed by atoms with Crippen molar-refractivity contribution in [3.05, 3.63) is 61.2 Å². The van der Waals surface area contributed by atoms with Crippen LogP contribution in [-0.2, 0) is 25.7 Å². The first-order valence-electron chi connectivity index (χ1n) is 15.3. The maximum atomic E-state index is 14.6. The molecule has 0 aliphatic carbocycles. The highest BCUT2D eigenvalue weighted by atomic mass is 16.5. The van der Waals surface area contributed by atoms with Crippen LogP contribution in [0, 0.1) is 17.8 Å². The van der Waals surface area contributed by atoms with Crippen LogP contribution in [0.1, 0.15) is 65.9 Å². The van der Waals surface area contributed by atoms with E-state index in [4.69, 9.17) is 4.74 Å². The van der Waals surface area contributed by atoms with Gasteiger partial charge < -0.3 is 24.5 Å². The minimum Gasteiger partial charge on any atom is -0.396 e. The van der Waals surface area contributed by atoms with Crippen LogP contribution < -0.4 is 0 Å². The lowest BCUT2D eigenvalue weighted by Gasteiger charge is -2.42. The fraction of sp³-hybridized carbons (Fsp3) is 0.618. The molecule has 42 heavy (non-hydrogen) atoms. The predicted octanol–water partition coefficient (Wildman–Crippen LogP) is 4.19. The molecule has 1 N–H and O–H groups in total. The van der Waals surface area contributed by atoms with E-state index < -0.39 is 34.6 Å². The minimum absolute atomic E-state index is 0.0371. The van der Waals surface area contributed by atoms with E-state index in [2.05, 4.69) is 20.1 Å². The Morgan fingerprint density at radius 1 is 1.10 bits per heavy atom. The summed E-state index contributed by atoms with van der Waals surface area (Å²) in [5.41, 5.74) is -1.51. The SMILES string of the molecule is C=CCN(Cc1ccccc1)C(=O)[C@H]1[C@H]2C(=O)N(CCCCCO)C(C(=O)N(CC=C)C(C)(C)C)C23CC(C)[C@]1(C)O3. The summed E-state index contributed by atoms with van der Waals surface area (Å²) in [6.07, 6.45) is 5.96. The Morgan fingerprint density at radius 3 is 2.36 bits per heavy atom. The van der Waals surface area contributed by atoms with Gasteiger partial charge in [-0.2, -0.15) is 0 Å². The quantitative estimate of drug-likeness (QED) is 0.280. The Kier molecular flexibility index (Phi) is 9.38. The van der Waals surface area contributed by atoms with Crippen LogP contribution in [0.3, 0.4) is 0 Å². The molecule has 0 radical (unpaired) electrons. The number of nitrogens with zero attached hydrogens (tertiary/aromatic N) is 3. The second-order valence-corrected chi connectivity index (χ2v) is 13.4. The van der Waals surface area contributed by atoms with Crippen molar-refractivity contribution in [3.8, 4) is 0 Å². The third kappa shape index (κ3) is 5.44. The lowest BCUT2D eigenvalue weighted by Crippen LogP contribution is -2.60. The molecule has 8 heteroatoms. The standard InChI is InChI=1S/C34H49N3O5/c1-8-18-35(23-25-16-12-10-13-17-25)29(39)26-27-30(40)36(20-14-11-15-21-38)28(31(41)37(19-9-2)32(4,5)6)34(27)22-24(3)33(26,7)42-34/h8-10,12-13,16-17,24,26-28,38H,1-2,11,14-15,18-23H2,3-7H3/t24?,26-,27+,28?,33+,34?/m1/s1. The summed E-state index contributed by atoms with van der Waals surface area (Å²) in [5, 5.41) is 9.32. The van der Waals surface area contributed by atoms with Crippen molar-refractivity contribution >= 4 is 17.7 Å². The Morgan fingerprint density at radius 2 is 1.76 bits per heavy atom. The molecule has 0 saturated carbocycles. The summed E-state index contributed by atoms with van der Waals surface area (Å²) >= 11 is 0. The van der Waals surface area contributed by atoms with E-state index in [0.29, 0.717) is 45.4 Å². The van der Waals surface area contributed by atoms with Crippen LogP contribution in [0.25, 0.3) is 0 Å². The molecule has 8 nitrogen and oxygen atoms in total. The number of hydrogen-bond acceptors (Lipinski definition) is 5. The maximum Gasteiger partial charge on any atom is 0.249 e. The number of aliphatic hydroxyl groups is 1. The Labute approximate surface area is 251 Å². The zero-order valence-corrected chi connectivity index (χ0v) is 26.1. The molecule has 3 heterocycles. The lowest BCUT2D eigenvalue weighted by atomic mass is 9.62. The number of rotatable bonds is 13. The number of carbonyl (C=O) groups excluding carboxylic acids is 3. The highest BCUT2D eigenvalue weighted by Crippen LogP contribution is 2.65. The van der Waals surface area contributed by atoms with E-state index in [1.807, 2.05) is 58.0 Å². The van der Waals surface area contributed by atoms with Crippen LogP contribution in [0.2, 0.25) is 0 Å². The predicted molar refractivity (Wildman–Crippen MR) is 163 cm³/mol. The van der Waals surface area contributed by atoms with Crippen molar-refractivity contribution in [1.82, 2.24) is 14.7 Å². The zero-order chi connectivity index (χ0) is 30.9. The van der Waals surface area contributed by atoms with Crippen LogP contribution >= 0.6 is 0 Å². The molecular formula is C34H49N3O5. The van der Waals surface area contributed by atoms with E-state index >= 15 is 0 Å². The topological polar surface area (TPSA) is 90.4 Å². The minimum atomic E-state index is -1.10. The molecule has 230 valence electrons. The third-order valence-electron chi connectivity index (χ3n) is 9.64. The van der Waals surface area contributed by atoms with E-state index in [-0.39, 0.29) is 30.2 Å². The number of unbranched alkanes of at least 4 members (excludes halogenated alkanes) is 2. The van der Waals surface area contributed by atoms with Gasteiger partial charge in [-0.1, -0.05) is 49.4 Å². The summed E-state index contributed by atoms with van der Waals surface area (Å²) in [6.45, 7) is 19.3. The van der Waals surface area contributed by atoms with Crippen molar-refractivity contribution < 1.29 is 24.2 Å². The van der Waals surface area contributed by atoms with Crippen LogP contribution in [0.15, 0.2) is 55.6 Å². The lowest BCUT2D eigenvalue weighted by molar-refractivity contribution is -0.157. The average Bonchev–Trinajstić information content (AvgIpc) is 3.45. The average molecular weight is 580 g/mol. The molecule has 3 saturated heterocycles. The molecule has 1 spiro atoms. The number of carbonyl (C=O) groups is 3. The van der Waals surface area contributed by atoms with Crippen LogP contribution in [0.5, 0.6) is 0 Å².